The van der Waals surface area contributed by atoms with Gasteiger partial charge in [-0.15, -0.1) is 11.3 Å². The molecule has 3 heterocycles. The Kier molecular flexibility index (Phi) is 4.60. The van der Waals surface area contributed by atoms with Crippen LogP contribution in [-0.4, -0.2) is 45.1 Å². The molecule has 1 amide bonds. The van der Waals surface area contributed by atoms with Gasteiger partial charge in [0, 0.05) is 24.2 Å². The fourth-order valence-electron chi connectivity index (χ4n) is 3.86. The van der Waals surface area contributed by atoms with Crippen molar-refractivity contribution in [3.8, 4) is 0 Å². The van der Waals surface area contributed by atoms with Gasteiger partial charge in [0.05, 0.1) is 10.7 Å². The molecule has 1 saturated carbocycles. The Bertz CT molecular complexity index is 718. The lowest BCUT2D eigenvalue weighted by molar-refractivity contribution is 0.0929. The highest BCUT2D eigenvalue weighted by atomic mass is 32.1. The number of H-pyrrole nitrogens is 1. The maximum atomic E-state index is 12.1. The summed E-state index contributed by atoms with van der Waals surface area (Å²) in [5.74, 6) is -0.0345. The van der Waals surface area contributed by atoms with Crippen LogP contribution in [0.4, 0.5) is 0 Å². The summed E-state index contributed by atoms with van der Waals surface area (Å²) in [4.78, 5) is 19.4. The summed E-state index contributed by atoms with van der Waals surface area (Å²) < 4.78 is 0. The van der Waals surface area contributed by atoms with Crippen molar-refractivity contribution in [2.24, 2.45) is 5.41 Å². The Morgan fingerprint density at radius 1 is 1.48 bits per heavy atom. The Morgan fingerprint density at radius 3 is 3.04 bits per heavy atom. The zero-order valence-corrected chi connectivity index (χ0v) is 15.4. The van der Waals surface area contributed by atoms with Crippen LogP contribution >= 0.6 is 11.3 Å². The average molecular weight is 359 g/mol. The molecule has 0 radical (unpaired) electrons. The molecular weight excluding hydrogens is 334 g/mol. The molecule has 25 heavy (non-hydrogen) atoms. The van der Waals surface area contributed by atoms with Crippen molar-refractivity contribution in [2.45, 2.75) is 51.6 Å². The predicted octanol–water partition coefficient (Wildman–Crippen LogP) is 2.60. The molecule has 1 unspecified atom stereocenters. The molecule has 0 aromatic carbocycles. The van der Waals surface area contributed by atoms with E-state index >= 15 is 0 Å². The molecule has 2 aromatic heterocycles. The number of carbonyl (C=O) groups excluding carboxylic acids is 1. The first kappa shape index (κ1) is 16.7. The summed E-state index contributed by atoms with van der Waals surface area (Å²) in [6.45, 7) is 5.35. The van der Waals surface area contributed by atoms with E-state index in [-0.39, 0.29) is 5.91 Å². The number of aromatic nitrogens is 3. The van der Waals surface area contributed by atoms with Gasteiger partial charge in [-0.05, 0) is 56.7 Å². The molecule has 1 spiro atoms. The van der Waals surface area contributed by atoms with Gasteiger partial charge in [0.15, 0.2) is 0 Å². The second-order valence-electron chi connectivity index (χ2n) is 7.32. The highest BCUT2D eigenvalue weighted by molar-refractivity contribution is 7.09. The smallest absolute Gasteiger partial charge is 0.269 e. The minimum atomic E-state index is -0.0345. The Hall–Kier alpha value is -1.73. The molecule has 6 nitrogen and oxygen atoms in total. The van der Waals surface area contributed by atoms with Gasteiger partial charge in [-0.25, -0.2) is 4.98 Å². The summed E-state index contributed by atoms with van der Waals surface area (Å²) in [6, 6.07) is 2.04. The molecule has 2 fully saturated rings. The van der Waals surface area contributed by atoms with E-state index in [1.807, 2.05) is 0 Å². The molecule has 1 aliphatic carbocycles. The van der Waals surface area contributed by atoms with Crippen LogP contribution < -0.4 is 5.32 Å². The first-order valence-electron chi connectivity index (χ1n) is 9.14. The Morgan fingerprint density at radius 2 is 2.32 bits per heavy atom. The normalized spacial score (nSPS) is 22.2. The molecule has 1 atom stereocenters. The molecule has 2 aliphatic rings. The summed E-state index contributed by atoms with van der Waals surface area (Å²) in [5.41, 5.74) is 2.08. The largest absolute Gasteiger partial charge is 0.347 e. The van der Waals surface area contributed by atoms with E-state index in [4.69, 9.17) is 4.98 Å². The predicted molar refractivity (Wildman–Crippen MR) is 97.5 cm³/mol. The van der Waals surface area contributed by atoms with Crippen LogP contribution in [0, 0.1) is 5.41 Å². The number of likely N-dealkylation sites (tertiary alicyclic amines) is 1. The van der Waals surface area contributed by atoms with Crippen LogP contribution in [0.3, 0.4) is 0 Å². The lowest BCUT2D eigenvalue weighted by atomic mass is 9.92. The fourth-order valence-corrected chi connectivity index (χ4v) is 4.75. The van der Waals surface area contributed by atoms with E-state index in [1.54, 1.807) is 23.6 Å². The minimum absolute atomic E-state index is 0.0345. The van der Waals surface area contributed by atoms with Crippen LogP contribution in [0.1, 0.15) is 53.8 Å². The second-order valence-corrected chi connectivity index (χ2v) is 8.26. The van der Waals surface area contributed by atoms with Crippen molar-refractivity contribution < 1.29 is 4.79 Å². The highest BCUT2D eigenvalue weighted by Crippen LogP contribution is 2.54. The van der Waals surface area contributed by atoms with Crippen molar-refractivity contribution in [1.82, 2.24) is 25.4 Å². The zero-order chi connectivity index (χ0) is 17.3. The number of nitrogens with one attached hydrogen (secondary N) is 2. The standard InChI is InChI=1S/C18H25N5OS/c1-2-3-16-20-13(12-25-16)11-23-8-5-18(6-9-23)10-15(18)21-17(24)14-4-7-19-22-14/h4,7,12,15H,2-3,5-6,8-11H2,1H3,(H,19,22)(H,21,24). The number of amides is 1. The SMILES string of the molecule is CCCc1nc(CN2CCC3(CC2)CC3NC(=O)c2ccn[nH]2)cs1. The van der Waals surface area contributed by atoms with Gasteiger partial charge in [0.25, 0.3) is 5.91 Å². The van der Waals surface area contributed by atoms with Gasteiger partial charge < -0.3 is 5.32 Å². The van der Waals surface area contributed by atoms with Gasteiger partial charge in [-0.3, -0.25) is 14.8 Å². The third kappa shape index (κ3) is 3.62. The first-order chi connectivity index (χ1) is 12.2. The van der Waals surface area contributed by atoms with Crippen LogP contribution in [0.2, 0.25) is 0 Å². The maximum absolute atomic E-state index is 12.1. The van der Waals surface area contributed by atoms with Crippen molar-refractivity contribution in [3.05, 3.63) is 34.0 Å². The summed E-state index contributed by atoms with van der Waals surface area (Å²) in [7, 11) is 0. The number of aromatic amines is 1. The summed E-state index contributed by atoms with van der Waals surface area (Å²) in [6.07, 6.45) is 7.29. The number of rotatable bonds is 6. The van der Waals surface area contributed by atoms with Gasteiger partial charge in [0.1, 0.15) is 5.69 Å². The summed E-state index contributed by atoms with van der Waals surface area (Å²) >= 11 is 1.79. The van der Waals surface area contributed by atoms with Gasteiger partial charge in [-0.2, -0.15) is 5.10 Å². The van der Waals surface area contributed by atoms with E-state index in [1.165, 1.54) is 10.7 Å². The van der Waals surface area contributed by atoms with E-state index in [0.29, 0.717) is 17.2 Å². The van der Waals surface area contributed by atoms with Crippen molar-refractivity contribution >= 4 is 17.2 Å². The molecule has 134 valence electrons. The molecule has 2 aromatic rings. The average Bonchev–Trinajstić information content (AvgIpc) is 3.04. The van der Waals surface area contributed by atoms with Crippen LogP contribution in [0.5, 0.6) is 0 Å². The van der Waals surface area contributed by atoms with Gasteiger partial charge >= 0.3 is 0 Å². The number of carbonyl (C=O) groups is 1. The maximum Gasteiger partial charge on any atom is 0.269 e. The number of piperidine rings is 1. The van der Waals surface area contributed by atoms with Crippen molar-refractivity contribution in [3.63, 3.8) is 0 Å². The number of hydrogen-bond donors (Lipinski definition) is 2. The zero-order valence-electron chi connectivity index (χ0n) is 14.6. The van der Waals surface area contributed by atoms with E-state index < -0.39 is 0 Å². The molecule has 7 heteroatoms. The number of aryl methyl sites for hydroxylation is 1. The topological polar surface area (TPSA) is 73.9 Å². The van der Waals surface area contributed by atoms with Crippen LogP contribution in [-0.2, 0) is 13.0 Å². The first-order valence-corrected chi connectivity index (χ1v) is 10.0. The number of nitrogens with zero attached hydrogens (tertiary/aromatic N) is 3. The van der Waals surface area contributed by atoms with Crippen molar-refractivity contribution in [2.75, 3.05) is 13.1 Å². The van der Waals surface area contributed by atoms with E-state index in [9.17, 15) is 4.79 Å². The molecule has 1 aliphatic heterocycles. The third-order valence-corrected chi connectivity index (χ3v) is 6.50. The Labute approximate surface area is 152 Å². The fraction of sp³-hybridized carbons (Fsp3) is 0.611. The Balaban J connectivity index is 1.25. The van der Waals surface area contributed by atoms with Crippen molar-refractivity contribution in [1.29, 1.82) is 0 Å². The molecule has 2 N–H and O–H groups in total. The minimum Gasteiger partial charge on any atom is -0.347 e. The molecule has 4 rings (SSSR count). The van der Waals surface area contributed by atoms with Crippen LogP contribution in [0.25, 0.3) is 0 Å². The molecular formula is C18H25N5OS. The number of hydrogen-bond acceptors (Lipinski definition) is 5. The van der Waals surface area contributed by atoms with E-state index in [2.05, 4.69) is 32.7 Å². The summed E-state index contributed by atoms with van der Waals surface area (Å²) in [5, 5.41) is 13.2. The quantitative estimate of drug-likeness (QED) is 0.831. The lowest BCUT2D eigenvalue weighted by Crippen LogP contribution is -2.38. The monoisotopic (exact) mass is 359 g/mol. The van der Waals surface area contributed by atoms with Gasteiger partial charge in [0.2, 0.25) is 0 Å². The molecule has 1 saturated heterocycles. The van der Waals surface area contributed by atoms with Gasteiger partial charge in [-0.1, -0.05) is 6.92 Å². The second kappa shape index (κ2) is 6.88. The number of thiazole rings is 1. The lowest BCUT2D eigenvalue weighted by Gasteiger charge is -2.32. The van der Waals surface area contributed by atoms with E-state index in [0.717, 1.165) is 51.7 Å². The highest BCUT2D eigenvalue weighted by Gasteiger charge is 2.55. The molecule has 0 bridgehead atoms. The van der Waals surface area contributed by atoms with Crippen LogP contribution in [0.15, 0.2) is 17.6 Å². The third-order valence-electron chi connectivity index (χ3n) is 5.54.